The van der Waals surface area contributed by atoms with Crippen LogP contribution in [-0.4, -0.2) is 206 Å². The van der Waals surface area contributed by atoms with Crippen molar-refractivity contribution < 1.29 is 87.9 Å². The Kier molecular flexibility index (Phi) is 21.6. The second-order valence-electron chi connectivity index (χ2n) is 16.0. The first-order chi connectivity index (χ1) is 26.7. The van der Waals surface area contributed by atoms with E-state index in [-0.39, 0.29) is 93.0 Å². The van der Waals surface area contributed by atoms with E-state index in [1.165, 1.54) is 14.0 Å². The molecule has 16 unspecified atom stereocenters. The average Bonchev–Trinajstić information content (AvgIpc) is 3.18. The van der Waals surface area contributed by atoms with E-state index in [0.29, 0.717) is 0 Å². The number of hydrogen-bond acceptors (Lipinski definition) is 17. The summed E-state index contributed by atoms with van der Waals surface area (Å²) >= 11 is 0. The number of carbonyl (C=O) groups is 1. The van der Waals surface area contributed by atoms with Gasteiger partial charge < -0.3 is 83.1 Å². The molecule has 5 fully saturated rings. The predicted molar refractivity (Wildman–Crippen MR) is 204 cm³/mol. The Balaban J connectivity index is 0.000000268. The summed E-state index contributed by atoms with van der Waals surface area (Å²) in [7, 11) is 6.24. The zero-order valence-electron chi connectivity index (χ0n) is 36.0. The largest absolute Gasteiger partial charge is 0.479 e. The third kappa shape index (κ3) is 12.7. The fraction of sp³-hybridized carbons (Fsp3) is 0.974. The summed E-state index contributed by atoms with van der Waals surface area (Å²) in [5.41, 5.74) is -1.41. The lowest BCUT2D eigenvalue weighted by Crippen LogP contribution is -2.67. The molecule has 18 nitrogen and oxygen atoms in total. The van der Waals surface area contributed by atoms with Crippen LogP contribution in [0.15, 0.2) is 0 Å². The lowest BCUT2D eigenvalue weighted by Gasteiger charge is -2.50. The van der Waals surface area contributed by atoms with Crippen molar-refractivity contribution in [1.82, 2.24) is 0 Å². The van der Waals surface area contributed by atoms with Gasteiger partial charge in [0.2, 0.25) is 0 Å². The van der Waals surface area contributed by atoms with Crippen LogP contribution in [0.25, 0.3) is 0 Å². The maximum Gasteiger partial charge on any atom is 0.338 e. The Labute approximate surface area is 337 Å². The maximum atomic E-state index is 11.3. The molecule has 5 aliphatic heterocycles. The Morgan fingerprint density at radius 2 is 0.912 bits per heavy atom. The highest BCUT2D eigenvalue weighted by molar-refractivity contribution is 5.77. The molecule has 5 rings (SSSR count). The molecule has 18 heteroatoms. The molecule has 0 saturated carbocycles. The fourth-order valence-electron chi connectivity index (χ4n) is 7.89. The molecule has 0 spiro atoms. The summed E-state index contributed by atoms with van der Waals surface area (Å²) in [6.45, 7) is 16.4. The Hall–Kier alpha value is -1.17. The summed E-state index contributed by atoms with van der Waals surface area (Å²) in [6, 6.07) is 0. The number of methoxy groups -OCH3 is 4. The van der Waals surface area contributed by atoms with E-state index in [2.05, 4.69) is 0 Å². The molecule has 21 atom stereocenters. The molecule has 7 N–H and O–H groups in total. The SMILES string of the molecule is COC1C(CO)O[C@H](C)C2OC[C@@](C)(C(=O)O)OC12.COC1C(O)C(C)O[C@H](C)C1C.COC1C(O)C(CO)O[C@H](C)C1C.COC1C(O)C(CO)O[C@H](C)C1C. The van der Waals surface area contributed by atoms with Gasteiger partial charge in [-0.2, -0.15) is 0 Å². The van der Waals surface area contributed by atoms with Crippen LogP contribution in [0, 0.1) is 17.8 Å². The first-order valence-corrected chi connectivity index (χ1v) is 19.9. The number of ether oxygens (including phenoxy) is 10. The molecule has 0 bridgehead atoms. The third-order valence-electron chi connectivity index (χ3n) is 12.1. The quantitative estimate of drug-likeness (QED) is 0.167. The van der Waals surface area contributed by atoms with Crippen LogP contribution in [0.5, 0.6) is 0 Å². The van der Waals surface area contributed by atoms with Gasteiger partial charge in [-0.05, 0) is 41.5 Å². The molecule has 0 aromatic heterocycles. The summed E-state index contributed by atoms with van der Waals surface area (Å²) in [5, 5.41) is 65.5. The molecule has 0 radical (unpaired) electrons. The van der Waals surface area contributed by atoms with Crippen LogP contribution in [0.4, 0.5) is 0 Å². The maximum absolute atomic E-state index is 11.3. The van der Waals surface area contributed by atoms with E-state index in [1.54, 1.807) is 28.3 Å². The van der Waals surface area contributed by atoms with Crippen molar-refractivity contribution in [1.29, 1.82) is 0 Å². The molecule has 0 amide bonds. The standard InChI is InChI=1S/C12H20O7.2C9H18O4.C9H18O3/c1-6-8-10(9(16-3)7(4-13)18-6)19-12(2,5-17-8)11(14)15;2*1-5-6(2)13-7(4-10)8(11)9(5)12-3;1-5-6(2)12-7(3)8(10)9(5)11-4/h6-10,13H,4-5H2,1-3H3,(H,14,15);2*5-11H,4H2,1-3H3;5-10H,1-4H3/t6-,7?,8?,9?,10?,12+;3*5?,6-,7?,8?,9?/m1111/s1. The van der Waals surface area contributed by atoms with Crippen LogP contribution < -0.4 is 0 Å². The predicted octanol–water partition coefficient (Wildman–Crippen LogP) is -0.230. The number of fused-ring (bicyclic) bond motifs is 1. The minimum absolute atomic E-state index is 0.00509. The van der Waals surface area contributed by atoms with Gasteiger partial charge in [0.05, 0.1) is 75.3 Å². The highest BCUT2D eigenvalue weighted by atomic mass is 16.7. The summed E-state index contributed by atoms with van der Waals surface area (Å²) in [6.07, 6.45) is -5.95. The van der Waals surface area contributed by atoms with E-state index in [9.17, 15) is 30.3 Å². The van der Waals surface area contributed by atoms with Crippen LogP contribution in [0.3, 0.4) is 0 Å². The first-order valence-electron chi connectivity index (χ1n) is 19.9. The molecule has 0 aliphatic carbocycles. The number of aliphatic carboxylic acids is 1. The van der Waals surface area contributed by atoms with E-state index in [4.69, 9.17) is 57.6 Å². The molecule has 0 aromatic rings. The Morgan fingerprint density at radius 1 is 0.544 bits per heavy atom. The molecule has 57 heavy (non-hydrogen) atoms. The van der Waals surface area contributed by atoms with Gasteiger partial charge in [0.25, 0.3) is 0 Å². The minimum Gasteiger partial charge on any atom is -0.479 e. The minimum atomic E-state index is -1.41. The topological polar surface area (TPSA) is 251 Å². The average molecular weight is 831 g/mol. The molecule has 338 valence electrons. The van der Waals surface area contributed by atoms with E-state index < -0.39 is 66.5 Å². The second kappa shape index (κ2) is 23.7. The number of carboxylic acid groups (broad SMARTS) is 1. The van der Waals surface area contributed by atoms with Crippen molar-refractivity contribution in [2.24, 2.45) is 17.8 Å². The lowest BCUT2D eigenvalue weighted by atomic mass is 9.89. The van der Waals surface area contributed by atoms with Crippen molar-refractivity contribution in [2.75, 3.05) is 54.9 Å². The van der Waals surface area contributed by atoms with E-state index in [0.717, 1.165) is 0 Å². The molecule has 5 heterocycles. The van der Waals surface area contributed by atoms with Gasteiger partial charge in [-0.25, -0.2) is 4.79 Å². The molecular formula is C39H74O18. The van der Waals surface area contributed by atoms with Crippen molar-refractivity contribution >= 4 is 5.97 Å². The van der Waals surface area contributed by atoms with Gasteiger partial charge in [0.15, 0.2) is 5.60 Å². The van der Waals surface area contributed by atoms with Crippen LogP contribution >= 0.6 is 0 Å². The number of carboxylic acids is 1. The zero-order chi connectivity index (χ0) is 43.5. The van der Waals surface area contributed by atoms with Gasteiger partial charge >= 0.3 is 5.97 Å². The number of aliphatic hydroxyl groups excluding tert-OH is 6. The molecule has 0 aromatic carbocycles. The fourth-order valence-corrected chi connectivity index (χ4v) is 7.89. The van der Waals surface area contributed by atoms with Gasteiger partial charge in [0.1, 0.15) is 54.9 Å². The Morgan fingerprint density at radius 3 is 1.28 bits per heavy atom. The van der Waals surface area contributed by atoms with Crippen molar-refractivity contribution in [2.45, 2.75) is 172 Å². The van der Waals surface area contributed by atoms with Crippen molar-refractivity contribution in [3.05, 3.63) is 0 Å². The van der Waals surface area contributed by atoms with E-state index in [1.807, 2.05) is 48.5 Å². The van der Waals surface area contributed by atoms with Crippen LogP contribution in [0.2, 0.25) is 0 Å². The highest BCUT2D eigenvalue weighted by Gasteiger charge is 2.54. The number of aliphatic hydroxyl groups is 6. The van der Waals surface area contributed by atoms with Gasteiger partial charge in [-0.15, -0.1) is 0 Å². The monoisotopic (exact) mass is 830 g/mol. The molecule has 5 saturated heterocycles. The smallest absolute Gasteiger partial charge is 0.338 e. The zero-order valence-corrected chi connectivity index (χ0v) is 36.0. The van der Waals surface area contributed by atoms with Gasteiger partial charge in [0, 0.05) is 46.2 Å². The number of rotatable bonds is 8. The first kappa shape index (κ1) is 52.0. The van der Waals surface area contributed by atoms with E-state index >= 15 is 0 Å². The van der Waals surface area contributed by atoms with Gasteiger partial charge in [-0.1, -0.05) is 20.8 Å². The second-order valence-corrected chi connectivity index (χ2v) is 16.0. The summed E-state index contributed by atoms with van der Waals surface area (Å²) in [5.74, 6) is -0.549. The normalized spacial score (nSPS) is 47.1. The third-order valence-corrected chi connectivity index (χ3v) is 12.1. The van der Waals surface area contributed by atoms with Crippen LogP contribution in [-0.2, 0) is 52.2 Å². The van der Waals surface area contributed by atoms with Gasteiger partial charge in [-0.3, -0.25) is 0 Å². The summed E-state index contributed by atoms with van der Waals surface area (Å²) < 4.78 is 54.1. The van der Waals surface area contributed by atoms with Crippen LogP contribution in [0.1, 0.15) is 62.3 Å². The Bertz CT molecular complexity index is 1100. The molecular weight excluding hydrogens is 756 g/mol. The number of hydrogen-bond donors (Lipinski definition) is 7. The lowest BCUT2D eigenvalue weighted by molar-refractivity contribution is -0.315. The van der Waals surface area contributed by atoms with Crippen molar-refractivity contribution in [3.63, 3.8) is 0 Å². The molecule has 5 aliphatic rings. The van der Waals surface area contributed by atoms with Crippen molar-refractivity contribution in [3.8, 4) is 0 Å². The summed E-state index contributed by atoms with van der Waals surface area (Å²) in [4.78, 5) is 11.3. The highest BCUT2D eigenvalue weighted by Crippen LogP contribution is 2.35.